The highest BCUT2D eigenvalue weighted by molar-refractivity contribution is 8.00. The molecule has 12 nitrogen and oxygen atoms in total. The molecule has 0 spiro atoms. The van der Waals surface area contributed by atoms with Crippen molar-refractivity contribution in [1.29, 1.82) is 0 Å². The number of aryl methyl sites for hydroxylation is 1. The highest BCUT2D eigenvalue weighted by Gasteiger charge is 2.30. The first-order chi connectivity index (χ1) is 21.2. The molecule has 228 valence electrons. The lowest BCUT2D eigenvalue weighted by Gasteiger charge is -2.14. The molecule has 2 heterocycles. The summed E-state index contributed by atoms with van der Waals surface area (Å²) in [6.45, 7) is 3.56. The molecular formula is C29H27FN6O6S2. The Labute approximate surface area is 259 Å². The highest BCUT2D eigenvalue weighted by Crippen LogP contribution is 2.40. The Morgan fingerprint density at radius 3 is 2.55 bits per heavy atom. The van der Waals surface area contributed by atoms with Crippen molar-refractivity contribution < 1.29 is 28.4 Å². The number of fused-ring (bicyclic) bond motifs is 1. The number of nitro groups is 1. The van der Waals surface area contributed by atoms with E-state index in [-0.39, 0.29) is 30.3 Å². The van der Waals surface area contributed by atoms with Crippen molar-refractivity contribution in [2.24, 2.45) is 0 Å². The molecule has 15 heteroatoms. The monoisotopic (exact) mass is 638 g/mol. The number of nitrogens with one attached hydrogen (secondary N) is 2. The number of nitrogens with zero attached hydrogens (tertiary/aromatic N) is 4. The number of thioether (sulfide) groups is 1. The fourth-order valence-electron chi connectivity index (χ4n) is 4.67. The summed E-state index contributed by atoms with van der Waals surface area (Å²) in [5.41, 5.74) is 1.92. The van der Waals surface area contributed by atoms with E-state index in [4.69, 9.17) is 4.74 Å². The molecule has 1 atom stereocenters. The summed E-state index contributed by atoms with van der Waals surface area (Å²) in [4.78, 5) is 50.2. The molecule has 44 heavy (non-hydrogen) atoms. The van der Waals surface area contributed by atoms with E-state index in [9.17, 15) is 28.9 Å². The van der Waals surface area contributed by atoms with Crippen LogP contribution in [0.5, 0.6) is 0 Å². The SMILES string of the molecule is CCOC(=O)c1c(NC(=O)[C@H](C)Sc2nnc(CNC(=O)c3ccc([N+](=O)[O-])cc3)n2-c2ccc(F)cc2)sc2c1CCC2. The van der Waals surface area contributed by atoms with Crippen LogP contribution in [-0.2, 0) is 28.9 Å². The molecule has 0 bridgehead atoms. The highest BCUT2D eigenvalue weighted by atomic mass is 32.2. The van der Waals surface area contributed by atoms with E-state index in [1.807, 2.05) is 0 Å². The lowest BCUT2D eigenvalue weighted by Crippen LogP contribution is -2.25. The number of amides is 2. The molecule has 0 unspecified atom stereocenters. The van der Waals surface area contributed by atoms with Gasteiger partial charge in [-0.15, -0.1) is 21.5 Å². The molecular weight excluding hydrogens is 611 g/mol. The Morgan fingerprint density at radius 1 is 1.14 bits per heavy atom. The molecule has 0 saturated carbocycles. The second-order valence-corrected chi connectivity index (χ2v) is 12.1. The topological polar surface area (TPSA) is 158 Å². The van der Waals surface area contributed by atoms with Crippen molar-refractivity contribution in [3.05, 3.63) is 91.9 Å². The maximum atomic E-state index is 13.7. The van der Waals surface area contributed by atoms with Gasteiger partial charge in [0.2, 0.25) is 5.91 Å². The number of ether oxygens (including phenoxy) is 1. The van der Waals surface area contributed by atoms with Gasteiger partial charge in [0.1, 0.15) is 10.8 Å². The summed E-state index contributed by atoms with van der Waals surface area (Å²) in [7, 11) is 0. The largest absolute Gasteiger partial charge is 0.462 e. The van der Waals surface area contributed by atoms with Gasteiger partial charge in [0.25, 0.3) is 11.6 Å². The van der Waals surface area contributed by atoms with Crippen molar-refractivity contribution in [2.45, 2.75) is 50.1 Å². The number of halogens is 1. The van der Waals surface area contributed by atoms with Crippen molar-refractivity contribution in [3.63, 3.8) is 0 Å². The van der Waals surface area contributed by atoms with Crippen LogP contribution in [0.1, 0.15) is 57.2 Å². The van der Waals surface area contributed by atoms with Gasteiger partial charge in [0, 0.05) is 28.3 Å². The maximum absolute atomic E-state index is 13.7. The summed E-state index contributed by atoms with van der Waals surface area (Å²) in [5.74, 6) is -1.45. The first-order valence-electron chi connectivity index (χ1n) is 13.7. The minimum atomic E-state index is -0.687. The Morgan fingerprint density at radius 2 is 1.86 bits per heavy atom. The summed E-state index contributed by atoms with van der Waals surface area (Å²) in [6, 6.07) is 10.7. The molecule has 0 radical (unpaired) electrons. The maximum Gasteiger partial charge on any atom is 0.341 e. The average molecular weight is 639 g/mol. The van der Waals surface area contributed by atoms with E-state index in [1.54, 1.807) is 18.4 Å². The molecule has 2 aromatic carbocycles. The molecule has 2 N–H and O–H groups in total. The van der Waals surface area contributed by atoms with Crippen LogP contribution >= 0.6 is 23.1 Å². The third-order valence-corrected chi connectivity index (χ3v) is 9.07. The summed E-state index contributed by atoms with van der Waals surface area (Å²) in [6.07, 6.45) is 2.55. The van der Waals surface area contributed by atoms with Gasteiger partial charge in [-0.2, -0.15) is 0 Å². The molecule has 2 amide bonds. The minimum absolute atomic E-state index is 0.0784. The number of anilines is 1. The number of hydrogen-bond acceptors (Lipinski definition) is 10. The quantitative estimate of drug-likeness (QED) is 0.0988. The molecule has 0 aliphatic heterocycles. The van der Waals surface area contributed by atoms with E-state index < -0.39 is 27.9 Å². The molecule has 5 rings (SSSR count). The Balaban J connectivity index is 1.34. The molecule has 2 aromatic heterocycles. The molecule has 0 saturated heterocycles. The van der Waals surface area contributed by atoms with E-state index in [2.05, 4.69) is 20.8 Å². The number of benzene rings is 2. The summed E-state index contributed by atoms with van der Waals surface area (Å²) in [5, 5.41) is 25.1. The van der Waals surface area contributed by atoms with Gasteiger partial charge in [0.15, 0.2) is 11.0 Å². The third kappa shape index (κ3) is 6.63. The van der Waals surface area contributed by atoms with E-state index in [1.165, 1.54) is 59.9 Å². The number of thiophene rings is 1. The van der Waals surface area contributed by atoms with Crippen LogP contribution in [-0.4, -0.2) is 49.3 Å². The van der Waals surface area contributed by atoms with E-state index in [0.29, 0.717) is 27.2 Å². The van der Waals surface area contributed by atoms with Crippen LogP contribution in [0.3, 0.4) is 0 Å². The van der Waals surface area contributed by atoms with Gasteiger partial charge in [-0.05, 0) is 75.1 Å². The van der Waals surface area contributed by atoms with Crippen molar-refractivity contribution in [2.75, 3.05) is 11.9 Å². The zero-order chi connectivity index (χ0) is 31.4. The molecule has 1 aliphatic rings. The van der Waals surface area contributed by atoms with Crippen LogP contribution in [0, 0.1) is 15.9 Å². The van der Waals surface area contributed by atoms with Gasteiger partial charge in [0.05, 0.1) is 28.9 Å². The van der Waals surface area contributed by atoms with Crippen molar-refractivity contribution in [1.82, 2.24) is 20.1 Å². The summed E-state index contributed by atoms with van der Waals surface area (Å²) >= 11 is 2.49. The predicted octanol–water partition coefficient (Wildman–Crippen LogP) is 5.09. The third-order valence-electron chi connectivity index (χ3n) is 6.82. The van der Waals surface area contributed by atoms with E-state index in [0.717, 1.165) is 41.5 Å². The zero-order valence-corrected chi connectivity index (χ0v) is 25.3. The number of carbonyl (C=O) groups is 3. The normalized spacial score (nSPS) is 12.8. The molecule has 4 aromatic rings. The number of esters is 1. The van der Waals surface area contributed by atoms with Crippen LogP contribution in [0.2, 0.25) is 0 Å². The Kier molecular flexibility index (Phi) is 9.35. The first kappa shape index (κ1) is 30.8. The fourth-order valence-corrected chi connectivity index (χ4v) is 6.84. The van der Waals surface area contributed by atoms with Crippen LogP contribution in [0.15, 0.2) is 53.7 Å². The van der Waals surface area contributed by atoms with Crippen molar-refractivity contribution >= 4 is 51.6 Å². The van der Waals surface area contributed by atoms with Crippen LogP contribution in [0.25, 0.3) is 5.69 Å². The number of hydrogen-bond donors (Lipinski definition) is 2. The number of non-ortho nitro benzene ring substituents is 1. The van der Waals surface area contributed by atoms with Gasteiger partial charge in [-0.25, -0.2) is 9.18 Å². The van der Waals surface area contributed by atoms with Gasteiger partial charge in [-0.3, -0.25) is 24.3 Å². The Hall–Kier alpha value is -4.63. The van der Waals surface area contributed by atoms with Gasteiger partial charge < -0.3 is 15.4 Å². The number of carbonyl (C=O) groups excluding carboxylic acids is 3. The summed E-state index contributed by atoms with van der Waals surface area (Å²) < 4.78 is 20.6. The lowest BCUT2D eigenvalue weighted by molar-refractivity contribution is -0.384. The number of aromatic nitrogens is 3. The smallest absolute Gasteiger partial charge is 0.341 e. The first-order valence-corrected chi connectivity index (χ1v) is 15.4. The van der Waals surface area contributed by atoms with Gasteiger partial charge in [-0.1, -0.05) is 11.8 Å². The van der Waals surface area contributed by atoms with Crippen LogP contribution in [0.4, 0.5) is 15.1 Å². The average Bonchev–Trinajstić information content (AvgIpc) is 3.71. The predicted molar refractivity (Wildman–Crippen MR) is 162 cm³/mol. The molecule has 0 fully saturated rings. The second kappa shape index (κ2) is 13.3. The molecule has 1 aliphatic carbocycles. The van der Waals surface area contributed by atoms with Crippen LogP contribution < -0.4 is 10.6 Å². The minimum Gasteiger partial charge on any atom is -0.462 e. The standard InChI is InChI=1S/C29H27FN6O6S2/c1-3-42-28(39)24-21-5-4-6-22(21)44-27(24)32-25(37)16(2)43-29-34-33-23(35(29)19-13-9-18(30)10-14-19)15-31-26(38)17-7-11-20(12-8-17)36(40)41/h7-14,16H,3-6,15H2,1-2H3,(H,31,38)(H,32,37)/t16-/m0/s1. The van der Waals surface area contributed by atoms with Gasteiger partial charge >= 0.3 is 5.97 Å². The zero-order valence-electron chi connectivity index (χ0n) is 23.7. The Bertz CT molecular complexity index is 1720. The van der Waals surface area contributed by atoms with Crippen molar-refractivity contribution in [3.8, 4) is 5.69 Å². The number of nitro benzene ring substituents is 1. The van der Waals surface area contributed by atoms with E-state index >= 15 is 0 Å². The number of rotatable bonds is 11. The fraction of sp³-hybridized carbons (Fsp3) is 0.276. The lowest BCUT2D eigenvalue weighted by atomic mass is 10.1. The second-order valence-electron chi connectivity index (χ2n) is 9.73.